The molecule has 7 unspecified atom stereocenters. The highest BCUT2D eigenvalue weighted by atomic mass is 15.4. The van der Waals surface area contributed by atoms with Crippen molar-refractivity contribution in [3.8, 4) is 0 Å². The van der Waals surface area contributed by atoms with Crippen LogP contribution in [0.5, 0.6) is 0 Å². The van der Waals surface area contributed by atoms with Crippen LogP contribution in [0.4, 0.5) is 0 Å². The van der Waals surface area contributed by atoms with E-state index in [2.05, 4.69) is 72.2 Å². The van der Waals surface area contributed by atoms with Crippen molar-refractivity contribution in [1.29, 1.82) is 0 Å². The Morgan fingerprint density at radius 3 is 2.26 bits per heavy atom. The molecule has 1 saturated heterocycles. The van der Waals surface area contributed by atoms with Gasteiger partial charge in [0.05, 0.1) is 0 Å². The minimum Gasteiger partial charge on any atom is -0.307 e. The first-order valence-electron chi connectivity index (χ1n) is 16.0. The van der Waals surface area contributed by atoms with Crippen molar-refractivity contribution in [2.75, 3.05) is 26.7 Å². The zero-order chi connectivity index (χ0) is 26.1. The third-order valence-corrected chi connectivity index (χ3v) is 10.5. The van der Waals surface area contributed by atoms with E-state index in [0.717, 1.165) is 29.7 Å². The monoisotopic (exact) mass is 491 g/mol. The minimum absolute atomic E-state index is 0.494. The highest BCUT2D eigenvalue weighted by Crippen LogP contribution is 2.48. The lowest BCUT2D eigenvalue weighted by atomic mass is 9.62. The summed E-state index contributed by atoms with van der Waals surface area (Å²) in [6.45, 7) is 23.7. The van der Waals surface area contributed by atoms with Gasteiger partial charge in [-0.15, -0.1) is 0 Å². The average Bonchev–Trinajstić information content (AvgIpc) is 3.45. The van der Waals surface area contributed by atoms with E-state index in [-0.39, 0.29) is 0 Å². The normalized spacial score (nSPS) is 30.9. The molecule has 7 atom stereocenters. The van der Waals surface area contributed by atoms with E-state index in [1.54, 1.807) is 0 Å². The smallest absolute Gasteiger partial charge is 0.0314 e. The molecule has 1 aliphatic carbocycles. The van der Waals surface area contributed by atoms with E-state index in [1.807, 2.05) is 0 Å². The van der Waals surface area contributed by atoms with Crippen LogP contribution in [-0.4, -0.2) is 48.1 Å². The third-order valence-electron chi connectivity index (χ3n) is 10.5. The number of rotatable bonds is 18. The molecule has 208 valence electrons. The van der Waals surface area contributed by atoms with E-state index in [9.17, 15) is 0 Å². The van der Waals surface area contributed by atoms with Crippen LogP contribution in [-0.2, 0) is 0 Å². The van der Waals surface area contributed by atoms with Crippen LogP contribution in [0.1, 0.15) is 145 Å². The lowest BCUT2D eigenvalue weighted by Crippen LogP contribution is -2.34. The Bertz CT molecular complexity index is 571. The number of unbranched alkanes of at least 4 members (excludes halogenated alkanes) is 2. The van der Waals surface area contributed by atoms with Crippen molar-refractivity contribution in [3.63, 3.8) is 0 Å². The maximum Gasteiger partial charge on any atom is 0.0314 e. The summed E-state index contributed by atoms with van der Waals surface area (Å²) >= 11 is 0. The topological polar surface area (TPSA) is 6.25 Å². The van der Waals surface area contributed by atoms with Crippen molar-refractivity contribution in [3.05, 3.63) is 0 Å². The minimum atomic E-state index is 0.494. The molecule has 0 aromatic heterocycles. The third kappa shape index (κ3) is 10.3. The molecule has 1 heterocycles. The Kier molecular flexibility index (Phi) is 13.1. The Labute approximate surface area is 222 Å². The van der Waals surface area contributed by atoms with Crippen LogP contribution in [0.3, 0.4) is 0 Å². The van der Waals surface area contributed by atoms with Gasteiger partial charge in [0, 0.05) is 18.1 Å². The number of nitrogens with zero attached hydrogens (tertiary/aromatic N) is 2. The van der Waals surface area contributed by atoms with Gasteiger partial charge in [-0.2, -0.15) is 0 Å². The predicted octanol–water partition coefficient (Wildman–Crippen LogP) is 9.43. The summed E-state index contributed by atoms with van der Waals surface area (Å²) in [6.07, 6.45) is 19.9. The Balaban J connectivity index is 1.62. The van der Waals surface area contributed by atoms with Gasteiger partial charge in [0.15, 0.2) is 0 Å². The maximum atomic E-state index is 2.88. The van der Waals surface area contributed by atoms with Crippen LogP contribution in [0, 0.1) is 29.1 Å². The van der Waals surface area contributed by atoms with Gasteiger partial charge in [0.2, 0.25) is 0 Å². The van der Waals surface area contributed by atoms with E-state index in [0.29, 0.717) is 11.0 Å². The molecular formula is C33H66N2. The molecule has 2 nitrogen and oxygen atoms in total. The molecule has 0 radical (unpaired) electrons. The summed E-state index contributed by atoms with van der Waals surface area (Å²) in [6, 6.07) is 0.825. The van der Waals surface area contributed by atoms with Gasteiger partial charge in [-0.25, -0.2) is 0 Å². The Morgan fingerprint density at radius 1 is 0.914 bits per heavy atom. The molecular weight excluding hydrogens is 424 g/mol. The molecule has 0 aromatic rings. The fourth-order valence-corrected chi connectivity index (χ4v) is 7.75. The summed E-state index contributed by atoms with van der Waals surface area (Å²) in [5.41, 5.74) is 1.05. The van der Waals surface area contributed by atoms with E-state index in [4.69, 9.17) is 0 Å². The average molecular weight is 491 g/mol. The molecule has 0 aromatic carbocycles. The molecule has 0 amide bonds. The van der Waals surface area contributed by atoms with E-state index in [1.165, 1.54) is 110 Å². The van der Waals surface area contributed by atoms with E-state index < -0.39 is 0 Å². The SMILES string of the molecule is CCC(CCCCCC(C)CCCN(C)CC)N1CC1(C)CC(C)CCC1C(C)CCCC1(C)C. The molecule has 0 spiro atoms. The van der Waals surface area contributed by atoms with Crippen molar-refractivity contribution < 1.29 is 0 Å². The van der Waals surface area contributed by atoms with Gasteiger partial charge in [0.25, 0.3) is 0 Å². The fourth-order valence-electron chi connectivity index (χ4n) is 7.75. The molecule has 2 rings (SSSR count). The van der Waals surface area contributed by atoms with Gasteiger partial charge < -0.3 is 4.90 Å². The van der Waals surface area contributed by atoms with Gasteiger partial charge in [-0.05, 0) is 101 Å². The first-order chi connectivity index (χ1) is 16.5. The summed E-state index contributed by atoms with van der Waals surface area (Å²) in [7, 11) is 2.24. The molecule has 1 saturated carbocycles. The molecule has 2 aliphatic rings. The maximum absolute atomic E-state index is 2.88. The zero-order valence-electron chi connectivity index (χ0n) is 25.8. The van der Waals surface area contributed by atoms with Crippen molar-refractivity contribution in [2.45, 2.75) is 157 Å². The molecule has 0 bridgehead atoms. The first-order valence-corrected chi connectivity index (χ1v) is 16.0. The lowest BCUT2D eigenvalue weighted by molar-refractivity contribution is 0.0700. The quantitative estimate of drug-likeness (QED) is 0.139. The van der Waals surface area contributed by atoms with Crippen LogP contribution in [0.25, 0.3) is 0 Å². The largest absolute Gasteiger partial charge is 0.307 e. The summed E-state index contributed by atoms with van der Waals surface area (Å²) < 4.78 is 0. The van der Waals surface area contributed by atoms with Crippen LogP contribution in [0.2, 0.25) is 0 Å². The molecule has 2 heteroatoms. The summed E-state index contributed by atoms with van der Waals surface area (Å²) in [4.78, 5) is 5.32. The van der Waals surface area contributed by atoms with Crippen LogP contribution >= 0.6 is 0 Å². The van der Waals surface area contributed by atoms with Gasteiger partial charge in [0.1, 0.15) is 0 Å². The number of hydrogen-bond acceptors (Lipinski definition) is 2. The van der Waals surface area contributed by atoms with Gasteiger partial charge in [-0.1, -0.05) is 93.4 Å². The Morgan fingerprint density at radius 2 is 1.60 bits per heavy atom. The standard InChI is InChI=1S/C33H66N2/c1-10-30(20-14-12-13-17-27(3)18-16-24-34(9)11-2)35-26-33(35,8)25-28(4)21-22-31-29(5)19-15-23-32(31,6)7/h27-31H,10-26H2,1-9H3. The second kappa shape index (κ2) is 14.8. The van der Waals surface area contributed by atoms with Crippen LogP contribution < -0.4 is 0 Å². The summed E-state index contributed by atoms with van der Waals surface area (Å²) in [5, 5.41) is 0. The Hall–Kier alpha value is -0.0800. The highest BCUT2D eigenvalue weighted by Gasteiger charge is 2.50. The lowest BCUT2D eigenvalue weighted by Gasteiger charge is -2.43. The number of hydrogen-bond donors (Lipinski definition) is 0. The predicted molar refractivity (Wildman–Crippen MR) is 157 cm³/mol. The second-order valence-corrected chi connectivity index (χ2v) is 14.3. The van der Waals surface area contributed by atoms with Crippen molar-refractivity contribution >= 4 is 0 Å². The molecule has 1 aliphatic heterocycles. The first kappa shape index (κ1) is 31.1. The second-order valence-electron chi connectivity index (χ2n) is 14.3. The van der Waals surface area contributed by atoms with Crippen LogP contribution in [0.15, 0.2) is 0 Å². The molecule has 0 N–H and O–H groups in total. The highest BCUT2D eigenvalue weighted by molar-refractivity contribution is 5.07. The molecule has 2 fully saturated rings. The van der Waals surface area contributed by atoms with E-state index >= 15 is 0 Å². The van der Waals surface area contributed by atoms with Gasteiger partial charge >= 0.3 is 0 Å². The zero-order valence-corrected chi connectivity index (χ0v) is 25.8. The molecule has 35 heavy (non-hydrogen) atoms. The van der Waals surface area contributed by atoms with Crippen molar-refractivity contribution in [2.24, 2.45) is 29.1 Å². The fraction of sp³-hybridized carbons (Fsp3) is 1.00. The van der Waals surface area contributed by atoms with Gasteiger partial charge in [-0.3, -0.25) is 4.90 Å². The van der Waals surface area contributed by atoms with Crippen molar-refractivity contribution in [1.82, 2.24) is 9.80 Å². The summed E-state index contributed by atoms with van der Waals surface area (Å²) in [5.74, 6) is 3.63.